The van der Waals surface area contributed by atoms with E-state index in [9.17, 15) is 24.7 Å². The van der Waals surface area contributed by atoms with E-state index in [1.807, 2.05) is 62.4 Å². The van der Waals surface area contributed by atoms with Gasteiger partial charge in [-0.3, -0.25) is 15.0 Å². The number of azide groups is 1. The highest BCUT2D eigenvalue weighted by Gasteiger charge is 2.56. The van der Waals surface area contributed by atoms with Crippen LogP contribution in [0, 0.1) is 5.41 Å². The van der Waals surface area contributed by atoms with Crippen molar-refractivity contribution in [3.8, 4) is 11.1 Å². The second-order valence-electron chi connectivity index (χ2n) is 16.4. The Balaban J connectivity index is 1.37. The van der Waals surface area contributed by atoms with Gasteiger partial charge in [-0.15, -0.1) is 11.6 Å². The van der Waals surface area contributed by atoms with E-state index in [4.69, 9.17) is 104 Å². The van der Waals surface area contributed by atoms with E-state index in [0.29, 0.717) is 25.7 Å². The summed E-state index contributed by atoms with van der Waals surface area (Å²) in [4.78, 5) is 55.8. The highest BCUT2D eigenvalue weighted by molar-refractivity contribution is 6.76. The third-order valence-electron chi connectivity index (χ3n) is 11.6. The van der Waals surface area contributed by atoms with Crippen LogP contribution < -0.4 is 0 Å². The smallest absolute Gasteiger partial charge is 0.463 e. The zero-order valence-corrected chi connectivity index (χ0v) is 41.9. The summed E-state index contributed by atoms with van der Waals surface area (Å²) < 4.78 is 64.4. The van der Waals surface area contributed by atoms with Crippen LogP contribution >= 0.6 is 46.4 Å². The van der Waals surface area contributed by atoms with Gasteiger partial charge in [0.05, 0.1) is 5.56 Å². The number of hydrogen-bond acceptors (Lipinski definition) is 17. The first-order chi connectivity index (χ1) is 34.2. The van der Waals surface area contributed by atoms with Crippen molar-refractivity contribution in [2.24, 2.45) is 5.11 Å². The maximum atomic E-state index is 13.9. The Morgan fingerprint density at radius 1 is 0.704 bits per heavy atom. The molecule has 1 N–H and O–H groups in total. The van der Waals surface area contributed by atoms with E-state index < -0.39 is 114 Å². The van der Waals surface area contributed by atoms with E-state index >= 15 is 0 Å². The van der Waals surface area contributed by atoms with Crippen LogP contribution in [0.1, 0.15) is 73.9 Å². The van der Waals surface area contributed by atoms with Gasteiger partial charge in [0.1, 0.15) is 62.3 Å². The molecule has 19 nitrogen and oxygen atoms in total. The standard InChI is InChI=1S/C48H54Cl4N4O15/c1-4-6-21-61-40-37(55-56-54)44(66-34(25-63-27(3)57)38(40)70-47(60)65-24-33-31-19-13-11-17-29(31)30-18-12-14-20-32(30)33)69-39-35(26-64-36(58)23-49)67-45(71-46(53)48(50,51)52)42(41(39)62-22-7-5-2)68-43(59)28-15-9-8-10-16-28/h8-20,33-35,37-42,44-45,53H,4-7,21-26H2,1-3H3. The highest BCUT2D eigenvalue weighted by atomic mass is 35.6. The Morgan fingerprint density at radius 3 is 1.87 bits per heavy atom. The topological polar surface area (TPSA) is 242 Å². The van der Waals surface area contributed by atoms with Crippen molar-refractivity contribution in [3.05, 3.63) is 106 Å². The number of rotatable bonds is 22. The first-order valence-electron chi connectivity index (χ1n) is 22.9. The van der Waals surface area contributed by atoms with Gasteiger partial charge in [0.2, 0.25) is 12.2 Å². The van der Waals surface area contributed by atoms with Crippen molar-refractivity contribution >= 4 is 76.4 Å². The predicted molar refractivity (Wildman–Crippen MR) is 257 cm³/mol. The number of ether oxygens (including phenoxy) is 11. The van der Waals surface area contributed by atoms with Gasteiger partial charge in [0.25, 0.3) is 3.79 Å². The van der Waals surface area contributed by atoms with E-state index in [1.165, 1.54) is 19.1 Å². The molecule has 384 valence electrons. The second-order valence-corrected chi connectivity index (χ2v) is 19.0. The van der Waals surface area contributed by atoms with Gasteiger partial charge in [0, 0.05) is 31.0 Å². The van der Waals surface area contributed by atoms with Gasteiger partial charge in [0.15, 0.2) is 18.5 Å². The largest absolute Gasteiger partial charge is 0.508 e. The Hall–Kier alpha value is -4.92. The van der Waals surface area contributed by atoms with Crippen LogP contribution in [-0.2, 0) is 61.7 Å². The molecule has 23 heteroatoms. The molecule has 10 unspecified atom stereocenters. The zero-order chi connectivity index (χ0) is 51.1. The quantitative estimate of drug-likeness (QED) is 0.0113. The van der Waals surface area contributed by atoms with Gasteiger partial charge < -0.3 is 52.1 Å². The minimum absolute atomic E-state index is 0.0163. The Kier molecular flexibility index (Phi) is 20.8. The molecule has 0 bridgehead atoms. The molecule has 3 aromatic carbocycles. The number of fused-ring (bicyclic) bond motifs is 3. The van der Waals surface area contributed by atoms with Crippen LogP contribution in [0.4, 0.5) is 4.79 Å². The summed E-state index contributed by atoms with van der Waals surface area (Å²) in [7, 11) is 0. The summed E-state index contributed by atoms with van der Waals surface area (Å²) in [6, 6.07) is 21.9. The fourth-order valence-corrected chi connectivity index (χ4v) is 8.43. The maximum absolute atomic E-state index is 13.9. The van der Waals surface area contributed by atoms with Crippen LogP contribution in [-0.4, -0.2) is 134 Å². The van der Waals surface area contributed by atoms with Crippen molar-refractivity contribution in [1.82, 2.24) is 0 Å². The molecule has 0 radical (unpaired) electrons. The lowest BCUT2D eigenvalue weighted by atomic mass is 9.95. The van der Waals surface area contributed by atoms with Crippen LogP contribution in [0.15, 0.2) is 84.0 Å². The van der Waals surface area contributed by atoms with E-state index in [2.05, 4.69) is 10.0 Å². The third kappa shape index (κ3) is 14.6. The van der Waals surface area contributed by atoms with E-state index in [-0.39, 0.29) is 31.3 Å². The highest BCUT2D eigenvalue weighted by Crippen LogP contribution is 2.45. The molecule has 2 saturated heterocycles. The molecule has 2 fully saturated rings. The molecule has 71 heavy (non-hydrogen) atoms. The summed E-state index contributed by atoms with van der Waals surface area (Å²) in [5.74, 6) is -4.29. The predicted octanol–water partition coefficient (Wildman–Crippen LogP) is 9.14. The summed E-state index contributed by atoms with van der Waals surface area (Å²) >= 11 is 23.9. The first kappa shape index (κ1) is 55.4. The van der Waals surface area contributed by atoms with Crippen molar-refractivity contribution in [3.63, 3.8) is 0 Å². The number of carbonyl (C=O) groups is 4. The Bertz CT molecular complexity index is 2300. The number of esters is 3. The fourth-order valence-electron chi connectivity index (χ4n) is 8.22. The molecule has 3 aliphatic rings. The van der Waals surface area contributed by atoms with Crippen LogP contribution in [0.2, 0.25) is 0 Å². The second kappa shape index (κ2) is 26.7. The fraction of sp³-hybridized carbons (Fsp3) is 0.521. The molecule has 2 aliphatic heterocycles. The summed E-state index contributed by atoms with van der Waals surface area (Å²) in [5.41, 5.74) is 14.1. The number of nitrogens with one attached hydrogen (secondary N) is 1. The normalized spacial score (nSPS) is 24.8. The number of alkyl halides is 4. The molecule has 2 heterocycles. The number of carbonyl (C=O) groups excluding carboxylic acids is 4. The number of benzene rings is 3. The SMILES string of the molecule is CCCCOC1C(N=[N+]=[N-])C(OC2C(COC(=O)CCl)OC(OC(=N)C(Cl)(Cl)Cl)C(OC(=O)c3ccccc3)C2OCCCC)OC(COC(C)=O)C1OC(=O)OCC1c2ccccc2-c2ccccc21. The van der Waals surface area contributed by atoms with Crippen molar-refractivity contribution < 1.29 is 71.3 Å². The lowest BCUT2D eigenvalue weighted by Gasteiger charge is -2.49. The average molecular weight is 1070 g/mol. The molecular weight excluding hydrogens is 1010 g/mol. The average Bonchev–Trinajstić information content (AvgIpc) is 3.68. The summed E-state index contributed by atoms with van der Waals surface area (Å²) in [6.07, 6.45) is -12.6. The van der Waals surface area contributed by atoms with Crippen molar-refractivity contribution in [2.45, 2.75) is 118 Å². The Morgan fingerprint density at radius 2 is 1.28 bits per heavy atom. The van der Waals surface area contributed by atoms with Crippen molar-refractivity contribution in [2.75, 3.05) is 38.9 Å². The van der Waals surface area contributed by atoms with Crippen LogP contribution in [0.5, 0.6) is 0 Å². The van der Waals surface area contributed by atoms with Crippen LogP contribution in [0.3, 0.4) is 0 Å². The number of hydrogen-bond donors (Lipinski definition) is 1. The maximum Gasteiger partial charge on any atom is 0.508 e. The summed E-state index contributed by atoms with van der Waals surface area (Å²) in [6.45, 7) is 3.80. The molecule has 6 rings (SSSR count). The van der Waals surface area contributed by atoms with E-state index in [0.717, 1.165) is 22.3 Å². The van der Waals surface area contributed by atoms with Crippen LogP contribution in [0.25, 0.3) is 21.6 Å². The molecule has 0 aromatic heterocycles. The summed E-state index contributed by atoms with van der Waals surface area (Å²) in [5, 5.41) is 12.5. The van der Waals surface area contributed by atoms with Crippen molar-refractivity contribution in [1.29, 1.82) is 5.41 Å². The van der Waals surface area contributed by atoms with Gasteiger partial charge in [-0.1, -0.05) is 133 Å². The molecule has 0 amide bonds. The zero-order valence-electron chi connectivity index (χ0n) is 38.9. The van der Waals surface area contributed by atoms with Gasteiger partial charge in [-0.05, 0) is 52.8 Å². The Labute approximate surface area is 429 Å². The molecular formula is C48H54Cl4N4O15. The van der Waals surface area contributed by atoms with Gasteiger partial charge in [-0.2, -0.15) is 0 Å². The van der Waals surface area contributed by atoms with E-state index in [1.54, 1.807) is 18.2 Å². The van der Waals surface area contributed by atoms with Gasteiger partial charge in [-0.25, -0.2) is 9.59 Å². The number of halogens is 4. The molecule has 1 aliphatic carbocycles. The lowest BCUT2D eigenvalue weighted by Crippen LogP contribution is -2.66. The molecule has 0 spiro atoms. The lowest BCUT2D eigenvalue weighted by molar-refractivity contribution is -0.343. The molecule has 0 saturated carbocycles. The molecule has 3 aromatic rings. The van der Waals surface area contributed by atoms with Gasteiger partial charge >= 0.3 is 24.1 Å². The number of unbranched alkanes of at least 4 members (excludes halogenated alkanes) is 2. The molecule has 10 atom stereocenters. The minimum atomic E-state index is -2.43. The number of nitrogens with zero attached hydrogens (tertiary/aromatic N) is 3. The third-order valence-corrected chi connectivity index (χ3v) is 12.3. The monoisotopic (exact) mass is 1070 g/mol. The first-order valence-corrected chi connectivity index (χ1v) is 24.5. The minimum Gasteiger partial charge on any atom is -0.463 e.